The van der Waals surface area contributed by atoms with Crippen LogP contribution < -0.4 is 5.32 Å². The van der Waals surface area contributed by atoms with E-state index in [1.807, 2.05) is 0 Å². The predicted octanol–water partition coefficient (Wildman–Crippen LogP) is 1.69. The molecule has 1 fully saturated rings. The van der Waals surface area contributed by atoms with Crippen LogP contribution in [0.15, 0.2) is 4.52 Å². The molecular formula is C11H19N3O. The highest BCUT2D eigenvalue weighted by atomic mass is 16.5. The third kappa shape index (κ3) is 2.04. The zero-order valence-electron chi connectivity index (χ0n) is 9.87. The van der Waals surface area contributed by atoms with Crippen molar-refractivity contribution < 1.29 is 4.52 Å². The summed E-state index contributed by atoms with van der Waals surface area (Å²) in [5, 5.41) is 7.39. The Morgan fingerprint density at radius 2 is 2.07 bits per heavy atom. The molecule has 4 heteroatoms. The summed E-state index contributed by atoms with van der Waals surface area (Å²) in [4.78, 5) is 4.50. The van der Waals surface area contributed by atoms with Gasteiger partial charge in [0.25, 0.3) is 0 Å². The molecule has 0 saturated carbocycles. The number of rotatable bonds is 1. The van der Waals surface area contributed by atoms with E-state index in [1.165, 1.54) is 0 Å². The molecule has 2 rings (SSSR count). The number of hydrogen-bond acceptors (Lipinski definition) is 4. The number of aromatic nitrogens is 2. The van der Waals surface area contributed by atoms with Crippen LogP contribution >= 0.6 is 0 Å². The first-order valence-corrected chi connectivity index (χ1v) is 5.53. The van der Waals surface area contributed by atoms with Crippen molar-refractivity contribution in [1.29, 1.82) is 0 Å². The van der Waals surface area contributed by atoms with Crippen molar-refractivity contribution in [2.24, 2.45) is 5.92 Å². The molecule has 0 spiro atoms. The van der Waals surface area contributed by atoms with Crippen molar-refractivity contribution in [3.63, 3.8) is 0 Å². The predicted molar refractivity (Wildman–Crippen MR) is 57.8 cm³/mol. The molecule has 1 aromatic rings. The van der Waals surface area contributed by atoms with Crippen molar-refractivity contribution in [3.8, 4) is 0 Å². The van der Waals surface area contributed by atoms with Gasteiger partial charge in [0.2, 0.25) is 5.89 Å². The zero-order chi connectivity index (χ0) is 11.1. The third-order valence-corrected chi connectivity index (χ3v) is 2.95. The molecule has 1 saturated heterocycles. The van der Waals surface area contributed by atoms with Gasteiger partial charge in [-0.2, -0.15) is 4.98 Å². The maximum absolute atomic E-state index is 5.34. The zero-order valence-corrected chi connectivity index (χ0v) is 9.87. The van der Waals surface area contributed by atoms with E-state index in [2.05, 4.69) is 43.2 Å². The Morgan fingerprint density at radius 1 is 1.33 bits per heavy atom. The van der Waals surface area contributed by atoms with Crippen LogP contribution in [0.4, 0.5) is 0 Å². The van der Waals surface area contributed by atoms with Gasteiger partial charge >= 0.3 is 0 Å². The topological polar surface area (TPSA) is 51.0 Å². The molecule has 1 aromatic heterocycles. The Bertz CT molecular complexity index is 340. The van der Waals surface area contributed by atoms with E-state index in [9.17, 15) is 0 Å². The highest BCUT2D eigenvalue weighted by Crippen LogP contribution is 2.28. The van der Waals surface area contributed by atoms with E-state index in [4.69, 9.17) is 4.52 Å². The van der Waals surface area contributed by atoms with Gasteiger partial charge in [-0.05, 0) is 12.5 Å². The fraction of sp³-hybridized carbons (Fsp3) is 0.818. The SMILES string of the molecule is C[C@@H]1CNC[C@H]1c1nc(C(C)(C)C)no1. The lowest BCUT2D eigenvalue weighted by atomic mass is 9.95. The molecular weight excluding hydrogens is 190 g/mol. The molecule has 0 aromatic carbocycles. The molecule has 1 N–H and O–H groups in total. The lowest BCUT2D eigenvalue weighted by Gasteiger charge is -2.11. The molecule has 84 valence electrons. The van der Waals surface area contributed by atoms with Gasteiger partial charge in [-0.1, -0.05) is 32.9 Å². The van der Waals surface area contributed by atoms with Crippen LogP contribution in [-0.4, -0.2) is 23.2 Å². The first-order chi connectivity index (χ1) is 6.98. The summed E-state index contributed by atoms with van der Waals surface area (Å²) in [6.07, 6.45) is 0. The van der Waals surface area contributed by atoms with Crippen LogP contribution in [0.2, 0.25) is 0 Å². The van der Waals surface area contributed by atoms with Gasteiger partial charge in [0.1, 0.15) is 0 Å². The lowest BCUT2D eigenvalue weighted by molar-refractivity contribution is 0.331. The van der Waals surface area contributed by atoms with Gasteiger partial charge < -0.3 is 9.84 Å². The van der Waals surface area contributed by atoms with E-state index < -0.39 is 0 Å². The maximum Gasteiger partial charge on any atom is 0.231 e. The van der Waals surface area contributed by atoms with Crippen LogP contribution in [0.5, 0.6) is 0 Å². The molecule has 1 aliphatic heterocycles. The molecule has 0 aliphatic carbocycles. The van der Waals surface area contributed by atoms with Gasteiger partial charge in [0.15, 0.2) is 5.82 Å². The Labute approximate surface area is 90.4 Å². The Kier molecular flexibility index (Phi) is 2.54. The molecule has 0 amide bonds. The minimum absolute atomic E-state index is 0.0307. The summed E-state index contributed by atoms with van der Waals surface area (Å²) >= 11 is 0. The normalized spacial score (nSPS) is 27.2. The highest BCUT2D eigenvalue weighted by molar-refractivity contribution is 5.05. The third-order valence-electron chi connectivity index (χ3n) is 2.95. The van der Waals surface area contributed by atoms with Gasteiger partial charge in [0, 0.05) is 12.0 Å². The first kappa shape index (κ1) is 10.6. The lowest BCUT2D eigenvalue weighted by Crippen LogP contribution is -2.14. The summed E-state index contributed by atoms with van der Waals surface area (Å²) in [5.74, 6) is 2.56. The van der Waals surface area contributed by atoms with Crippen LogP contribution in [0.1, 0.15) is 45.3 Å². The van der Waals surface area contributed by atoms with Gasteiger partial charge in [-0.25, -0.2) is 0 Å². The van der Waals surface area contributed by atoms with Crippen molar-refractivity contribution >= 4 is 0 Å². The molecule has 0 bridgehead atoms. The largest absolute Gasteiger partial charge is 0.339 e. The van der Waals surface area contributed by atoms with Crippen molar-refractivity contribution in [1.82, 2.24) is 15.5 Å². The molecule has 0 unspecified atom stereocenters. The highest BCUT2D eigenvalue weighted by Gasteiger charge is 2.31. The second-order valence-electron chi connectivity index (χ2n) is 5.45. The van der Waals surface area contributed by atoms with Crippen molar-refractivity contribution in [2.45, 2.75) is 39.0 Å². The number of nitrogens with zero attached hydrogens (tertiary/aromatic N) is 2. The van der Waals surface area contributed by atoms with Crippen LogP contribution in [-0.2, 0) is 5.41 Å². The van der Waals surface area contributed by atoms with Gasteiger partial charge in [0.05, 0.1) is 5.92 Å². The van der Waals surface area contributed by atoms with Crippen LogP contribution in [0.25, 0.3) is 0 Å². The second kappa shape index (κ2) is 3.59. The minimum Gasteiger partial charge on any atom is -0.339 e. The average Bonchev–Trinajstić information content (AvgIpc) is 2.69. The Morgan fingerprint density at radius 3 is 2.53 bits per heavy atom. The standard InChI is InChI=1S/C11H19N3O/c1-7-5-12-6-8(7)9-13-10(14-15-9)11(2,3)4/h7-8,12H,5-6H2,1-4H3/t7-,8-/m1/s1. The summed E-state index contributed by atoms with van der Waals surface area (Å²) in [6, 6.07) is 0. The summed E-state index contributed by atoms with van der Waals surface area (Å²) < 4.78 is 5.34. The van der Waals surface area contributed by atoms with Gasteiger partial charge in [-0.3, -0.25) is 0 Å². The number of nitrogens with one attached hydrogen (secondary N) is 1. The van der Waals surface area contributed by atoms with E-state index in [0.717, 1.165) is 24.8 Å². The number of hydrogen-bond donors (Lipinski definition) is 1. The van der Waals surface area contributed by atoms with Crippen molar-refractivity contribution in [3.05, 3.63) is 11.7 Å². The average molecular weight is 209 g/mol. The quantitative estimate of drug-likeness (QED) is 0.764. The van der Waals surface area contributed by atoms with Crippen LogP contribution in [0, 0.1) is 5.92 Å². The molecule has 4 nitrogen and oxygen atoms in total. The van der Waals surface area contributed by atoms with E-state index in [1.54, 1.807) is 0 Å². The summed E-state index contributed by atoms with van der Waals surface area (Å²) in [5.41, 5.74) is -0.0307. The molecule has 1 aliphatic rings. The summed E-state index contributed by atoms with van der Waals surface area (Å²) in [6.45, 7) is 10.5. The van der Waals surface area contributed by atoms with Crippen LogP contribution in [0.3, 0.4) is 0 Å². The van der Waals surface area contributed by atoms with E-state index in [-0.39, 0.29) is 5.41 Å². The minimum atomic E-state index is -0.0307. The van der Waals surface area contributed by atoms with Gasteiger partial charge in [-0.15, -0.1) is 0 Å². The Balaban J connectivity index is 2.20. The van der Waals surface area contributed by atoms with Crippen molar-refractivity contribution in [2.75, 3.05) is 13.1 Å². The monoisotopic (exact) mass is 209 g/mol. The fourth-order valence-corrected chi connectivity index (χ4v) is 1.83. The molecule has 2 atom stereocenters. The fourth-order valence-electron chi connectivity index (χ4n) is 1.83. The van der Waals surface area contributed by atoms with E-state index in [0.29, 0.717) is 11.8 Å². The molecule has 2 heterocycles. The second-order valence-corrected chi connectivity index (χ2v) is 5.45. The smallest absolute Gasteiger partial charge is 0.231 e. The Hall–Kier alpha value is -0.900. The van der Waals surface area contributed by atoms with E-state index >= 15 is 0 Å². The summed E-state index contributed by atoms with van der Waals surface area (Å²) in [7, 11) is 0. The maximum atomic E-state index is 5.34. The first-order valence-electron chi connectivity index (χ1n) is 5.53. The molecule has 15 heavy (non-hydrogen) atoms. The molecule has 0 radical (unpaired) electrons.